The first-order chi connectivity index (χ1) is 9.16. The minimum absolute atomic E-state index is 0.0159. The van der Waals surface area contributed by atoms with E-state index < -0.39 is 5.97 Å². The summed E-state index contributed by atoms with van der Waals surface area (Å²) in [5.74, 6) is -1.29. The molecule has 2 N–H and O–H groups in total. The first-order valence-corrected chi connectivity index (χ1v) is 6.56. The van der Waals surface area contributed by atoms with Crippen LogP contribution >= 0.6 is 0 Å². The number of nitrogens with one attached hydrogen (secondary N) is 1. The second-order valence-electron chi connectivity index (χ2n) is 4.94. The number of nitrogens with zero attached hydrogens (tertiary/aromatic N) is 1. The van der Waals surface area contributed by atoms with Crippen molar-refractivity contribution < 1.29 is 14.7 Å². The fraction of sp³-hybridized carbons (Fsp3) is 0.500. The van der Waals surface area contributed by atoms with Crippen LogP contribution in [0, 0.1) is 11.8 Å². The van der Waals surface area contributed by atoms with Gasteiger partial charge in [0.05, 0.1) is 5.92 Å². The van der Waals surface area contributed by atoms with Crippen LogP contribution in [-0.4, -0.2) is 28.5 Å². The summed E-state index contributed by atoms with van der Waals surface area (Å²) in [5, 5.41) is 11.8. The monoisotopic (exact) mass is 262 g/mol. The van der Waals surface area contributed by atoms with Gasteiger partial charge in [-0.15, -0.1) is 0 Å². The predicted octanol–water partition coefficient (Wildman–Crippen LogP) is 1.24. The molecule has 1 fully saturated rings. The van der Waals surface area contributed by atoms with Crippen molar-refractivity contribution in [3.05, 3.63) is 30.1 Å². The molecule has 2 atom stereocenters. The molecule has 0 bridgehead atoms. The smallest absolute Gasteiger partial charge is 0.306 e. The van der Waals surface area contributed by atoms with Crippen molar-refractivity contribution in [1.29, 1.82) is 0 Å². The average molecular weight is 262 g/mol. The van der Waals surface area contributed by atoms with E-state index in [-0.39, 0.29) is 17.7 Å². The topological polar surface area (TPSA) is 79.3 Å². The standard InChI is InChI=1S/C14H18N2O3/c17-13(11-1-2-12(9-11)14(18)19)16-8-5-10-3-6-15-7-4-10/h3-4,6-7,11-12H,1-2,5,8-9H2,(H,16,17)(H,18,19). The lowest BCUT2D eigenvalue weighted by Crippen LogP contribution is -2.31. The summed E-state index contributed by atoms with van der Waals surface area (Å²) in [4.78, 5) is 26.7. The van der Waals surface area contributed by atoms with Gasteiger partial charge in [-0.3, -0.25) is 14.6 Å². The van der Waals surface area contributed by atoms with Crippen LogP contribution in [0.1, 0.15) is 24.8 Å². The number of aromatic nitrogens is 1. The highest BCUT2D eigenvalue weighted by Crippen LogP contribution is 2.30. The number of rotatable bonds is 5. The maximum Gasteiger partial charge on any atom is 0.306 e. The van der Waals surface area contributed by atoms with Crippen LogP contribution in [0.25, 0.3) is 0 Å². The van der Waals surface area contributed by atoms with Crippen molar-refractivity contribution in [3.63, 3.8) is 0 Å². The molecule has 5 heteroatoms. The van der Waals surface area contributed by atoms with Gasteiger partial charge in [0.1, 0.15) is 0 Å². The minimum Gasteiger partial charge on any atom is -0.481 e. The number of hydrogen-bond donors (Lipinski definition) is 2. The maximum atomic E-state index is 11.9. The largest absolute Gasteiger partial charge is 0.481 e. The van der Waals surface area contributed by atoms with Crippen LogP contribution in [-0.2, 0) is 16.0 Å². The Morgan fingerprint density at radius 2 is 1.95 bits per heavy atom. The van der Waals surface area contributed by atoms with E-state index in [1.54, 1.807) is 12.4 Å². The molecule has 1 aromatic heterocycles. The SMILES string of the molecule is O=C(O)C1CCC(C(=O)NCCc2ccncc2)C1. The second-order valence-corrected chi connectivity index (χ2v) is 4.94. The number of carbonyl (C=O) groups is 2. The summed E-state index contributed by atoms with van der Waals surface area (Å²) >= 11 is 0. The molecule has 5 nitrogen and oxygen atoms in total. The normalized spacial score (nSPS) is 22.1. The lowest BCUT2D eigenvalue weighted by molar-refractivity contribution is -0.141. The Hall–Kier alpha value is -1.91. The Bertz CT molecular complexity index is 447. The van der Waals surface area contributed by atoms with Crippen molar-refractivity contribution >= 4 is 11.9 Å². The van der Waals surface area contributed by atoms with E-state index in [2.05, 4.69) is 10.3 Å². The van der Waals surface area contributed by atoms with Crippen molar-refractivity contribution in [2.45, 2.75) is 25.7 Å². The van der Waals surface area contributed by atoms with Crippen LogP contribution < -0.4 is 5.32 Å². The quantitative estimate of drug-likeness (QED) is 0.836. The Kier molecular flexibility index (Phi) is 4.49. The van der Waals surface area contributed by atoms with Gasteiger partial charge >= 0.3 is 5.97 Å². The van der Waals surface area contributed by atoms with Gasteiger partial charge in [-0.2, -0.15) is 0 Å². The van der Waals surface area contributed by atoms with Crippen LogP contribution in [0.4, 0.5) is 0 Å². The molecule has 0 aromatic carbocycles. The first kappa shape index (κ1) is 13.5. The number of carboxylic acid groups (broad SMARTS) is 1. The Balaban J connectivity index is 1.72. The van der Waals surface area contributed by atoms with Crippen molar-refractivity contribution in [3.8, 4) is 0 Å². The molecule has 2 rings (SSSR count). The van der Waals surface area contributed by atoms with Crippen molar-refractivity contribution in [2.24, 2.45) is 11.8 Å². The van der Waals surface area contributed by atoms with E-state index >= 15 is 0 Å². The molecule has 19 heavy (non-hydrogen) atoms. The molecule has 0 spiro atoms. The third kappa shape index (κ3) is 3.77. The molecular formula is C14H18N2O3. The fourth-order valence-corrected chi connectivity index (χ4v) is 2.47. The lowest BCUT2D eigenvalue weighted by Gasteiger charge is -2.10. The zero-order valence-electron chi connectivity index (χ0n) is 10.7. The molecule has 0 saturated heterocycles. The van der Waals surface area contributed by atoms with Gasteiger partial charge in [0.25, 0.3) is 0 Å². The molecule has 1 aliphatic carbocycles. The van der Waals surface area contributed by atoms with E-state index in [9.17, 15) is 9.59 Å². The molecule has 0 radical (unpaired) electrons. The molecule has 102 valence electrons. The van der Waals surface area contributed by atoms with Crippen molar-refractivity contribution in [2.75, 3.05) is 6.54 Å². The Morgan fingerprint density at radius 3 is 2.58 bits per heavy atom. The molecular weight excluding hydrogens is 244 g/mol. The second kappa shape index (κ2) is 6.31. The van der Waals surface area contributed by atoms with Gasteiger partial charge in [-0.1, -0.05) is 0 Å². The number of pyridine rings is 1. The van der Waals surface area contributed by atoms with Gasteiger partial charge < -0.3 is 10.4 Å². The van der Waals surface area contributed by atoms with Crippen LogP contribution in [0.3, 0.4) is 0 Å². The van der Waals surface area contributed by atoms with Crippen molar-refractivity contribution in [1.82, 2.24) is 10.3 Å². The van der Waals surface area contributed by atoms with E-state index in [0.29, 0.717) is 25.8 Å². The van der Waals surface area contributed by atoms with Gasteiger partial charge in [0, 0.05) is 24.9 Å². The molecule has 2 unspecified atom stereocenters. The average Bonchev–Trinajstić information content (AvgIpc) is 2.89. The van der Waals surface area contributed by atoms with Gasteiger partial charge in [0.2, 0.25) is 5.91 Å². The maximum absolute atomic E-state index is 11.9. The van der Waals surface area contributed by atoms with E-state index in [4.69, 9.17) is 5.11 Å². The van der Waals surface area contributed by atoms with E-state index in [0.717, 1.165) is 12.0 Å². The summed E-state index contributed by atoms with van der Waals surface area (Å²) in [6.45, 7) is 0.580. The summed E-state index contributed by atoms with van der Waals surface area (Å²) in [6.07, 6.45) is 5.98. The predicted molar refractivity (Wildman–Crippen MR) is 69.4 cm³/mol. The number of hydrogen-bond acceptors (Lipinski definition) is 3. The lowest BCUT2D eigenvalue weighted by atomic mass is 10.0. The summed E-state index contributed by atoms with van der Waals surface area (Å²) in [5.41, 5.74) is 1.13. The molecule has 1 saturated carbocycles. The Labute approximate surface area is 112 Å². The van der Waals surface area contributed by atoms with Gasteiger partial charge in [-0.25, -0.2) is 0 Å². The van der Waals surface area contributed by atoms with Crippen LogP contribution in [0.15, 0.2) is 24.5 Å². The van der Waals surface area contributed by atoms with Gasteiger partial charge in [0.15, 0.2) is 0 Å². The summed E-state index contributed by atoms with van der Waals surface area (Å²) < 4.78 is 0. The molecule has 0 aliphatic heterocycles. The summed E-state index contributed by atoms with van der Waals surface area (Å²) in [6, 6.07) is 3.84. The van der Waals surface area contributed by atoms with Crippen LogP contribution in [0.2, 0.25) is 0 Å². The third-order valence-corrected chi connectivity index (χ3v) is 3.61. The highest BCUT2D eigenvalue weighted by molar-refractivity contribution is 5.80. The molecule has 1 aromatic rings. The van der Waals surface area contributed by atoms with Gasteiger partial charge in [-0.05, 0) is 43.4 Å². The van der Waals surface area contributed by atoms with E-state index in [1.807, 2.05) is 12.1 Å². The number of carboxylic acids is 1. The van der Waals surface area contributed by atoms with E-state index in [1.165, 1.54) is 0 Å². The van der Waals surface area contributed by atoms with Crippen LogP contribution in [0.5, 0.6) is 0 Å². The number of amides is 1. The fourth-order valence-electron chi connectivity index (χ4n) is 2.47. The zero-order chi connectivity index (χ0) is 13.7. The molecule has 1 amide bonds. The number of aliphatic carboxylic acids is 1. The molecule has 1 heterocycles. The first-order valence-electron chi connectivity index (χ1n) is 6.56. The summed E-state index contributed by atoms with van der Waals surface area (Å²) in [7, 11) is 0. The Morgan fingerprint density at radius 1 is 1.26 bits per heavy atom. The highest BCUT2D eigenvalue weighted by atomic mass is 16.4. The third-order valence-electron chi connectivity index (χ3n) is 3.61. The highest BCUT2D eigenvalue weighted by Gasteiger charge is 2.33. The minimum atomic E-state index is -0.785. The zero-order valence-corrected chi connectivity index (χ0v) is 10.7. The molecule has 1 aliphatic rings. The number of carbonyl (C=O) groups excluding carboxylic acids is 1.